The van der Waals surface area contributed by atoms with Gasteiger partial charge in [-0.15, -0.1) is 0 Å². The van der Waals surface area contributed by atoms with Crippen LogP contribution in [0.25, 0.3) is 0 Å². The Balaban J connectivity index is 1.95. The minimum Gasteiger partial charge on any atom is -0.493 e. The molecular formula is C24H41N5O3. The second-order valence-electron chi connectivity index (χ2n) is 8.64. The number of likely N-dealkylation sites (N-methyl/N-ethyl adjacent to an activating group) is 2. The molecule has 1 amide bonds. The lowest BCUT2D eigenvalue weighted by atomic mass is 10.0. The van der Waals surface area contributed by atoms with Crippen LogP contribution in [0.2, 0.25) is 0 Å². The fourth-order valence-electron chi connectivity index (χ4n) is 3.97. The van der Waals surface area contributed by atoms with E-state index in [1.807, 2.05) is 12.1 Å². The van der Waals surface area contributed by atoms with Crippen molar-refractivity contribution >= 4 is 11.9 Å². The Morgan fingerprint density at radius 1 is 1.25 bits per heavy atom. The zero-order valence-corrected chi connectivity index (χ0v) is 20.6. The molecule has 8 nitrogen and oxygen atoms in total. The van der Waals surface area contributed by atoms with E-state index in [0.29, 0.717) is 17.9 Å². The van der Waals surface area contributed by atoms with Crippen LogP contribution in [0.1, 0.15) is 32.3 Å². The van der Waals surface area contributed by atoms with E-state index in [1.54, 1.807) is 33.2 Å². The lowest BCUT2D eigenvalue weighted by Crippen LogP contribution is -2.46. The number of carbonyl (C=O) groups excluding carboxylic acids is 1. The van der Waals surface area contributed by atoms with E-state index in [2.05, 4.69) is 40.4 Å². The lowest BCUT2D eigenvalue weighted by molar-refractivity contribution is -0.127. The maximum absolute atomic E-state index is 12.0. The Morgan fingerprint density at radius 3 is 2.66 bits per heavy atom. The second kappa shape index (κ2) is 13.2. The first-order valence-electron chi connectivity index (χ1n) is 11.5. The van der Waals surface area contributed by atoms with Gasteiger partial charge in [0.25, 0.3) is 0 Å². The van der Waals surface area contributed by atoms with Crippen LogP contribution in [0.15, 0.2) is 23.2 Å². The Labute approximate surface area is 193 Å². The lowest BCUT2D eigenvalue weighted by Gasteiger charge is -2.24. The number of aliphatic imine (C=N–C) groups is 1. The third-order valence-corrected chi connectivity index (χ3v) is 5.93. The number of benzene rings is 1. The van der Waals surface area contributed by atoms with Gasteiger partial charge >= 0.3 is 0 Å². The topological polar surface area (TPSA) is 78.4 Å². The van der Waals surface area contributed by atoms with E-state index < -0.39 is 0 Å². The Hall–Kier alpha value is -2.48. The predicted octanol–water partition coefficient (Wildman–Crippen LogP) is 1.99. The van der Waals surface area contributed by atoms with Crippen molar-refractivity contribution in [1.82, 2.24) is 20.4 Å². The molecule has 0 radical (unpaired) electrons. The number of hydrogen-bond donors (Lipinski definition) is 2. The molecule has 1 saturated heterocycles. The average Bonchev–Trinajstić information content (AvgIpc) is 3.25. The molecule has 1 aromatic carbocycles. The van der Waals surface area contributed by atoms with Gasteiger partial charge in [0.2, 0.25) is 5.91 Å². The maximum Gasteiger partial charge on any atom is 0.243 e. The summed E-state index contributed by atoms with van der Waals surface area (Å²) in [5.41, 5.74) is 1.19. The summed E-state index contributed by atoms with van der Waals surface area (Å²) in [6, 6.07) is 6.55. The van der Waals surface area contributed by atoms with Crippen molar-refractivity contribution in [3.8, 4) is 11.5 Å². The molecule has 0 bridgehead atoms. The minimum atomic E-state index is -0.0134. The quantitative estimate of drug-likeness (QED) is 0.399. The van der Waals surface area contributed by atoms with Gasteiger partial charge in [-0.05, 0) is 56.0 Å². The summed E-state index contributed by atoms with van der Waals surface area (Å²) < 4.78 is 10.7. The monoisotopic (exact) mass is 447 g/mol. The first-order valence-corrected chi connectivity index (χ1v) is 11.5. The summed E-state index contributed by atoms with van der Waals surface area (Å²) in [6.45, 7) is 8.34. The number of carbonyl (C=O) groups is 1. The van der Waals surface area contributed by atoms with Crippen molar-refractivity contribution in [2.45, 2.75) is 39.2 Å². The Bertz CT molecular complexity index is 753. The Morgan fingerprint density at radius 2 is 2.00 bits per heavy atom. The molecule has 2 unspecified atom stereocenters. The zero-order valence-electron chi connectivity index (χ0n) is 20.6. The number of nitrogens with one attached hydrogen (secondary N) is 2. The number of amides is 1. The van der Waals surface area contributed by atoms with Crippen LogP contribution in [0.5, 0.6) is 11.5 Å². The molecule has 8 heteroatoms. The van der Waals surface area contributed by atoms with Crippen LogP contribution in [0.3, 0.4) is 0 Å². The van der Waals surface area contributed by atoms with Crippen LogP contribution in [-0.4, -0.2) is 88.7 Å². The van der Waals surface area contributed by atoms with E-state index in [-0.39, 0.29) is 12.5 Å². The smallest absolute Gasteiger partial charge is 0.243 e. The van der Waals surface area contributed by atoms with E-state index in [1.165, 1.54) is 18.4 Å². The van der Waals surface area contributed by atoms with Gasteiger partial charge in [-0.2, -0.15) is 0 Å². The molecule has 0 aromatic heterocycles. The number of nitrogens with zero attached hydrogens (tertiary/aromatic N) is 3. The van der Waals surface area contributed by atoms with E-state index in [4.69, 9.17) is 9.47 Å². The largest absolute Gasteiger partial charge is 0.493 e. The Kier molecular flexibility index (Phi) is 10.6. The molecule has 2 atom stereocenters. The predicted molar refractivity (Wildman–Crippen MR) is 130 cm³/mol. The second-order valence-corrected chi connectivity index (χ2v) is 8.64. The molecule has 1 aromatic rings. The van der Waals surface area contributed by atoms with Gasteiger partial charge in [0, 0.05) is 33.2 Å². The van der Waals surface area contributed by atoms with Gasteiger partial charge in [-0.25, -0.2) is 4.99 Å². The fourth-order valence-corrected chi connectivity index (χ4v) is 3.97. The van der Waals surface area contributed by atoms with Crippen molar-refractivity contribution in [1.29, 1.82) is 0 Å². The first kappa shape index (κ1) is 25.8. The number of hydrogen-bond acceptors (Lipinski definition) is 5. The summed E-state index contributed by atoms with van der Waals surface area (Å²) in [5, 5.41) is 6.90. The van der Waals surface area contributed by atoms with Gasteiger partial charge in [-0.3, -0.25) is 9.69 Å². The van der Waals surface area contributed by atoms with Gasteiger partial charge in [0.15, 0.2) is 17.5 Å². The normalized spacial score (nSPS) is 17.7. The standard InChI is InChI=1S/C24H41N5O3/c1-7-29-12-8-9-20(29)16-26-24(27-17-23(30)28(3)4)25-15-18(2)13-19-10-11-21(31-5)22(14-19)32-6/h10-11,14,18,20H,7-9,12-13,15-17H2,1-6H3,(H2,25,26,27). The number of guanidine groups is 1. The average molecular weight is 448 g/mol. The van der Waals surface area contributed by atoms with Gasteiger partial charge < -0.3 is 25.0 Å². The molecule has 32 heavy (non-hydrogen) atoms. The van der Waals surface area contributed by atoms with Crippen molar-refractivity contribution in [2.75, 3.05) is 61.0 Å². The van der Waals surface area contributed by atoms with E-state index in [9.17, 15) is 4.79 Å². The third kappa shape index (κ3) is 7.89. The number of rotatable bonds is 11. The van der Waals surface area contributed by atoms with Crippen LogP contribution in [-0.2, 0) is 11.2 Å². The summed E-state index contributed by atoms with van der Waals surface area (Å²) in [7, 11) is 6.80. The minimum absolute atomic E-state index is 0.0134. The summed E-state index contributed by atoms with van der Waals surface area (Å²) in [6.07, 6.45) is 3.32. The van der Waals surface area contributed by atoms with Gasteiger partial charge in [0.1, 0.15) is 6.54 Å². The summed E-state index contributed by atoms with van der Waals surface area (Å²) in [5.74, 6) is 2.53. The maximum atomic E-state index is 12.0. The van der Waals surface area contributed by atoms with Crippen LogP contribution >= 0.6 is 0 Å². The highest BCUT2D eigenvalue weighted by atomic mass is 16.5. The van der Waals surface area contributed by atoms with Crippen molar-refractivity contribution in [3.05, 3.63) is 23.8 Å². The SMILES string of the molecule is CCN1CCCC1CNC(=NCC(=O)N(C)C)NCC(C)Cc1ccc(OC)c(OC)c1. The van der Waals surface area contributed by atoms with E-state index in [0.717, 1.165) is 44.1 Å². The third-order valence-electron chi connectivity index (χ3n) is 5.93. The summed E-state index contributed by atoms with van der Waals surface area (Å²) in [4.78, 5) is 20.6. The highest BCUT2D eigenvalue weighted by Crippen LogP contribution is 2.28. The molecule has 1 aliphatic rings. The van der Waals surface area contributed by atoms with Crippen molar-refractivity contribution in [2.24, 2.45) is 10.9 Å². The molecule has 1 aliphatic heterocycles. The number of methoxy groups -OCH3 is 2. The van der Waals surface area contributed by atoms with E-state index >= 15 is 0 Å². The molecule has 1 fully saturated rings. The molecular weight excluding hydrogens is 406 g/mol. The zero-order chi connectivity index (χ0) is 23.5. The first-order chi connectivity index (χ1) is 15.4. The van der Waals surface area contributed by atoms with Gasteiger partial charge in [-0.1, -0.05) is 19.9 Å². The van der Waals surface area contributed by atoms with Crippen molar-refractivity contribution in [3.63, 3.8) is 0 Å². The van der Waals surface area contributed by atoms with Crippen molar-refractivity contribution < 1.29 is 14.3 Å². The molecule has 2 rings (SSSR count). The molecule has 0 saturated carbocycles. The fraction of sp³-hybridized carbons (Fsp3) is 0.667. The molecule has 180 valence electrons. The van der Waals surface area contributed by atoms with Crippen LogP contribution in [0.4, 0.5) is 0 Å². The highest BCUT2D eigenvalue weighted by Gasteiger charge is 2.23. The molecule has 2 N–H and O–H groups in total. The molecule has 1 heterocycles. The molecule has 0 spiro atoms. The van der Waals surface area contributed by atoms with Crippen LogP contribution in [0, 0.1) is 5.92 Å². The molecule has 0 aliphatic carbocycles. The number of ether oxygens (including phenoxy) is 2. The highest BCUT2D eigenvalue weighted by molar-refractivity contribution is 5.84. The summed E-state index contributed by atoms with van der Waals surface area (Å²) >= 11 is 0. The number of likely N-dealkylation sites (tertiary alicyclic amines) is 1. The van der Waals surface area contributed by atoms with Crippen LogP contribution < -0.4 is 20.1 Å². The van der Waals surface area contributed by atoms with Gasteiger partial charge in [0.05, 0.1) is 14.2 Å².